The number of rotatable bonds is 7. The van der Waals surface area contributed by atoms with Crippen LogP contribution in [0.1, 0.15) is 16.2 Å². The van der Waals surface area contributed by atoms with Gasteiger partial charge in [-0.3, -0.25) is 4.31 Å². The Morgan fingerprint density at radius 2 is 1.94 bits per heavy atom. The van der Waals surface area contributed by atoms with E-state index in [2.05, 4.69) is 10.1 Å². The minimum absolute atomic E-state index is 0.0566. The second-order valence-electron chi connectivity index (χ2n) is 6.51. The van der Waals surface area contributed by atoms with Crippen LogP contribution in [-0.2, 0) is 21.4 Å². The van der Waals surface area contributed by atoms with Gasteiger partial charge in [0.05, 0.1) is 26.0 Å². The van der Waals surface area contributed by atoms with Gasteiger partial charge in [-0.15, -0.1) is 11.3 Å². The maximum atomic E-state index is 13.0. The Bertz CT molecular complexity index is 1340. The van der Waals surface area contributed by atoms with Crippen molar-refractivity contribution in [3.63, 3.8) is 0 Å². The topological polar surface area (TPSA) is 103 Å². The summed E-state index contributed by atoms with van der Waals surface area (Å²) in [6.45, 7) is -0.283. The minimum atomic E-state index is -3.93. The largest absolute Gasteiger partial charge is 0.452 e. The molecular weight excluding hydrogens is 474 g/mol. The molecule has 8 nitrogen and oxygen atoms in total. The van der Waals surface area contributed by atoms with Crippen LogP contribution in [0.2, 0.25) is 5.02 Å². The summed E-state index contributed by atoms with van der Waals surface area (Å²) < 4.78 is 37.5. The highest BCUT2D eigenvalue weighted by Crippen LogP contribution is 2.26. The summed E-state index contributed by atoms with van der Waals surface area (Å²) >= 11 is 7.58. The van der Waals surface area contributed by atoms with E-state index < -0.39 is 16.0 Å². The number of ether oxygens (including phenoxy) is 1. The van der Waals surface area contributed by atoms with Crippen LogP contribution in [0.15, 0.2) is 75.5 Å². The first-order valence-corrected chi connectivity index (χ1v) is 11.9. The van der Waals surface area contributed by atoms with Crippen molar-refractivity contribution in [3.05, 3.63) is 82.5 Å². The number of benzene rings is 2. The number of sulfonamides is 1. The van der Waals surface area contributed by atoms with Crippen LogP contribution in [0, 0.1) is 0 Å². The Morgan fingerprint density at radius 1 is 1.16 bits per heavy atom. The van der Waals surface area contributed by atoms with Gasteiger partial charge in [0, 0.05) is 7.05 Å². The fourth-order valence-corrected chi connectivity index (χ4v) is 4.85. The lowest BCUT2D eigenvalue weighted by Crippen LogP contribution is -2.26. The number of nitrogens with zero attached hydrogens (tertiary/aromatic N) is 3. The van der Waals surface area contributed by atoms with Crippen molar-refractivity contribution in [3.8, 4) is 10.7 Å². The third kappa shape index (κ3) is 4.52. The van der Waals surface area contributed by atoms with E-state index in [4.69, 9.17) is 20.9 Å². The molecule has 0 atom stereocenters. The van der Waals surface area contributed by atoms with E-state index in [0.29, 0.717) is 11.5 Å². The number of aromatic nitrogens is 2. The van der Waals surface area contributed by atoms with E-state index in [1.165, 1.54) is 36.6 Å². The smallest absolute Gasteiger partial charge is 0.340 e. The fourth-order valence-electron chi connectivity index (χ4n) is 2.78. The number of hydrogen-bond acceptors (Lipinski definition) is 8. The summed E-state index contributed by atoms with van der Waals surface area (Å²) in [6, 6.07) is 16.1. The SMILES string of the molecule is CN(c1ccccc1)S(=O)(=O)c1ccc(Cl)c(C(=O)OCc2nc(-c3cccs3)no2)c1. The number of para-hydroxylation sites is 1. The standard InChI is InChI=1S/C21H16ClN3O5S2/c1-25(14-6-3-2-4-7-14)32(27,28)15-9-10-17(22)16(12-15)21(26)29-13-19-23-20(24-30-19)18-8-5-11-31-18/h2-12H,13H2,1H3. The predicted octanol–water partition coefficient (Wildman–Crippen LogP) is 4.63. The maximum Gasteiger partial charge on any atom is 0.340 e. The molecule has 0 aliphatic rings. The molecule has 0 fully saturated rings. The normalized spacial score (nSPS) is 11.3. The number of halogens is 1. The Morgan fingerprint density at radius 3 is 2.66 bits per heavy atom. The van der Waals surface area contributed by atoms with Crippen molar-refractivity contribution in [2.24, 2.45) is 0 Å². The van der Waals surface area contributed by atoms with Crippen molar-refractivity contribution in [1.29, 1.82) is 0 Å². The molecule has 0 amide bonds. The van der Waals surface area contributed by atoms with Gasteiger partial charge in [-0.1, -0.05) is 41.0 Å². The number of thiophene rings is 1. The summed E-state index contributed by atoms with van der Waals surface area (Å²) in [6.07, 6.45) is 0. The Labute approximate surface area is 193 Å². The zero-order valence-corrected chi connectivity index (χ0v) is 19.0. The Balaban J connectivity index is 1.51. The molecule has 0 aliphatic carbocycles. The minimum Gasteiger partial charge on any atom is -0.452 e. The number of esters is 1. The van der Waals surface area contributed by atoms with Crippen LogP contribution < -0.4 is 4.31 Å². The van der Waals surface area contributed by atoms with Crippen molar-refractivity contribution in [1.82, 2.24) is 10.1 Å². The summed E-state index contributed by atoms with van der Waals surface area (Å²) in [4.78, 5) is 17.5. The van der Waals surface area contributed by atoms with Gasteiger partial charge < -0.3 is 9.26 Å². The first-order valence-electron chi connectivity index (χ1n) is 9.23. The van der Waals surface area contributed by atoms with Gasteiger partial charge in [0.15, 0.2) is 6.61 Å². The van der Waals surface area contributed by atoms with Gasteiger partial charge >= 0.3 is 5.97 Å². The predicted molar refractivity (Wildman–Crippen MR) is 120 cm³/mol. The molecule has 2 aromatic heterocycles. The molecule has 0 bridgehead atoms. The van der Waals surface area contributed by atoms with Gasteiger partial charge in [0.25, 0.3) is 15.9 Å². The molecule has 0 aliphatic heterocycles. The van der Waals surface area contributed by atoms with Gasteiger partial charge in [0.2, 0.25) is 5.82 Å². The highest BCUT2D eigenvalue weighted by atomic mass is 35.5. The lowest BCUT2D eigenvalue weighted by atomic mass is 10.2. The molecule has 4 rings (SSSR count). The number of carbonyl (C=O) groups is 1. The van der Waals surface area contributed by atoms with E-state index in [-0.39, 0.29) is 28.0 Å². The second-order valence-corrected chi connectivity index (χ2v) is 9.84. The summed E-state index contributed by atoms with van der Waals surface area (Å²) in [5, 5.41) is 5.78. The molecule has 0 radical (unpaired) electrons. The molecule has 4 aromatic rings. The lowest BCUT2D eigenvalue weighted by molar-refractivity contribution is 0.0429. The molecule has 11 heteroatoms. The summed E-state index contributed by atoms with van der Waals surface area (Å²) in [5.74, 6) is -0.322. The molecule has 0 saturated carbocycles. The average Bonchev–Trinajstić information content (AvgIpc) is 3.49. The molecular formula is C21H16ClN3O5S2. The monoisotopic (exact) mass is 489 g/mol. The first kappa shape index (κ1) is 22.0. The molecule has 164 valence electrons. The molecule has 0 N–H and O–H groups in total. The highest BCUT2D eigenvalue weighted by molar-refractivity contribution is 7.92. The van der Waals surface area contributed by atoms with Crippen LogP contribution in [-0.4, -0.2) is 31.6 Å². The number of hydrogen-bond donors (Lipinski definition) is 0. The van der Waals surface area contributed by atoms with E-state index in [0.717, 1.165) is 9.18 Å². The van der Waals surface area contributed by atoms with E-state index in [1.807, 2.05) is 17.5 Å². The van der Waals surface area contributed by atoms with Gasteiger partial charge in [-0.2, -0.15) is 4.98 Å². The third-order valence-corrected chi connectivity index (χ3v) is 7.45. The Kier molecular flexibility index (Phi) is 6.26. The van der Waals surface area contributed by atoms with E-state index in [9.17, 15) is 13.2 Å². The van der Waals surface area contributed by atoms with Gasteiger partial charge in [-0.25, -0.2) is 13.2 Å². The van der Waals surface area contributed by atoms with Crippen molar-refractivity contribution in [2.75, 3.05) is 11.4 Å². The lowest BCUT2D eigenvalue weighted by Gasteiger charge is -2.20. The van der Waals surface area contributed by atoms with Crippen molar-refractivity contribution >= 4 is 44.6 Å². The third-order valence-electron chi connectivity index (χ3n) is 4.47. The highest BCUT2D eigenvalue weighted by Gasteiger charge is 2.24. The van der Waals surface area contributed by atoms with Crippen LogP contribution in [0.3, 0.4) is 0 Å². The molecule has 2 heterocycles. The zero-order valence-electron chi connectivity index (χ0n) is 16.6. The quantitative estimate of drug-likeness (QED) is 0.348. The second kappa shape index (κ2) is 9.11. The fraction of sp³-hybridized carbons (Fsp3) is 0.0952. The van der Waals surface area contributed by atoms with Gasteiger partial charge in [0.1, 0.15) is 0 Å². The summed E-state index contributed by atoms with van der Waals surface area (Å²) in [5.41, 5.74) is 0.386. The molecule has 0 saturated heterocycles. The van der Waals surface area contributed by atoms with Crippen LogP contribution in [0.5, 0.6) is 0 Å². The molecule has 0 spiro atoms. The van der Waals surface area contributed by atoms with E-state index >= 15 is 0 Å². The van der Waals surface area contributed by atoms with E-state index in [1.54, 1.807) is 30.3 Å². The zero-order chi connectivity index (χ0) is 22.7. The van der Waals surface area contributed by atoms with Crippen LogP contribution >= 0.6 is 22.9 Å². The molecule has 32 heavy (non-hydrogen) atoms. The molecule has 0 unspecified atom stereocenters. The first-order chi connectivity index (χ1) is 15.4. The maximum absolute atomic E-state index is 13.0. The van der Waals surface area contributed by atoms with Gasteiger partial charge in [-0.05, 0) is 41.8 Å². The van der Waals surface area contributed by atoms with Crippen LogP contribution in [0.4, 0.5) is 5.69 Å². The molecule has 2 aromatic carbocycles. The number of carbonyl (C=O) groups excluding carboxylic acids is 1. The number of anilines is 1. The summed E-state index contributed by atoms with van der Waals surface area (Å²) in [7, 11) is -2.50. The average molecular weight is 490 g/mol. The van der Waals surface area contributed by atoms with Crippen LogP contribution in [0.25, 0.3) is 10.7 Å². The van der Waals surface area contributed by atoms with Crippen molar-refractivity contribution in [2.45, 2.75) is 11.5 Å². The van der Waals surface area contributed by atoms with Crippen molar-refractivity contribution < 1.29 is 22.5 Å². The Hall–Kier alpha value is -3.21.